The largest absolute Gasteiger partial charge is 0.390 e. The molecule has 1 aromatic carbocycles. The fourth-order valence-corrected chi connectivity index (χ4v) is 2.00. The van der Waals surface area contributed by atoms with E-state index in [1.165, 1.54) is 0 Å². The highest BCUT2D eigenvalue weighted by Gasteiger charge is 2.10. The summed E-state index contributed by atoms with van der Waals surface area (Å²) >= 11 is 1.08. The van der Waals surface area contributed by atoms with E-state index in [2.05, 4.69) is 0 Å². The summed E-state index contributed by atoms with van der Waals surface area (Å²) in [6, 6.07) is 3.27. The van der Waals surface area contributed by atoms with Gasteiger partial charge in [-0.3, -0.25) is 0 Å². The first-order valence-corrected chi connectivity index (χ1v) is 6.35. The van der Waals surface area contributed by atoms with Crippen molar-refractivity contribution in [1.82, 2.24) is 0 Å². The number of aliphatic hydroxyl groups excluding tert-OH is 1. The predicted molar refractivity (Wildman–Crippen MR) is 64.2 cm³/mol. The van der Waals surface area contributed by atoms with Crippen LogP contribution < -0.4 is 0 Å². The molecule has 0 fully saturated rings. The minimum absolute atomic E-state index is 0.0422. The second kappa shape index (κ2) is 6.93. The monoisotopic (exact) mass is 262 g/mol. The van der Waals surface area contributed by atoms with E-state index in [0.29, 0.717) is 0 Å². The lowest BCUT2D eigenvalue weighted by atomic mass is 10.3. The van der Waals surface area contributed by atoms with Crippen LogP contribution in [0.1, 0.15) is 13.8 Å². The number of ether oxygens (including phenoxy) is 1. The third-order valence-electron chi connectivity index (χ3n) is 1.95. The molecule has 0 aliphatic carbocycles. The summed E-state index contributed by atoms with van der Waals surface area (Å²) in [7, 11) is 0. The number of rotatable bonds is 6. The van der Waals surface area contributed by atoms with Crippen LogP contribution in [0.4, 0.5) is 8.78 Å². The zero-order chi connectivity index (χ0) is 12.8. The molecule has 0 heterocycles. The van der Waals surface area contributed by atoms with Crippen LogP contribution in [0.5, 0.6) is 0 Å². The zero-order valence-corrected chi connectivity index (χ0v) is 10.6. The lowest BCUT2D eigenvalue weighted by molar-refractivity contribution is 0.0152. The van der Waals surface area contributed by atoms with Gasteiger partial charge in [-0.25, -0.2) is 8.78 Å². The summed E-state index contributed by atoms with van der Waals surface area (Å²) in [4.78, 5) is 0.202. The number of aliphatic hydroxyl groups is 1. The molecule has 1 N–H and O–H groups in total. The molecule has 1 atom stereocenters. The first kappa shape index (κ1) is 14.4. The molecule has 96 valence electrons. The smallest absolute Gasteiger partial charge is 0.136 e. The fraction of sp³-hybridized carbons (Fsp3) is 0.500. The van der Waals surface area contributed by atoms with Crippen LogP contribution in [0, 0.1) is 11.6 Å². The standard InChI is InChI=1S/C12H16F2O2S/c1-8(2)16-6-10(15)7-17-12-5-9(13)3-4-11(12)14/h3-5,8,10,15H,6-7H2,1-2H3. The molecule has 5 heteroatoms. The van der Waals surface area contributed by atoms with Crippen molar-refractivity contribution in [3.63, 3.8) is 0 Å². The first-order valence-electron chi connectivity index (χ1n) is 5.36. The first-order chi connectivity index (χ1) is 7.99. The van der Waals surface area contributed by atoms with E-state index < -0.39 is 17.7 Å². The lowest BCUT2D eigenvalue weighted by Crippen LogP contribution is -2.20. The molecule has 0 saturated carbocycles. The Morgan fingerprint density at radius 2 is 2.06 bits per heavy atom. The molecular weight excluding hydrogens is 246 g/mol. The Kier molecular flexibility index (Phi) is 5.88. The minimum atomic E-state index is -0.690. The van der Waals surface area contributed by atoms with Gasteiger partial charge in [-0.1, -0.05) is 0 Å². The van der Waals surface area contributed by atoms with Crippen molar-refractivity contribution in [2.75, 3.05) is 12.4 Å². The zero-order valence-electron chi connectivity index (χ0n) is 9.82. The van der Waals surface area contributed by atoms with Gasteiger partial charge >= 0.3 is 0 Å². The van der Waals surface area contributed by atoms with E-state index in [4.69, 9.17) is 4.74 Å². The molecule has 0 aliphatic heterocycles. The van der Waals surface area contributed by atoms with Crippen molar-refractivity contribution in [1.29, 1.82) is 0 Å². The average Bonchev–Trinajstić information content (AvgIpc) is 2.27. The average molecular weight is 262 g/mol. The maximum Gasteiger partial charge on any atom is 0.136 e. The van der Waals surface area contributed by atoms with Gasteiger partial charge in [0, 0.05) is 10.6 Å². The van der Waals surface area contributed by atoms with Gasteiger partial charge in [0.25, 0.3) is 0 Å². The van der Waals surface area contributed by atoms with Gasteiger partial charge in [0.05, 0.1) is 18.8 Å². The Labute approximate surface area is 104 Å². The van der Waals surface area contributed by atoms with E-state index >= 15 is 0 Å². The van der Waals surface area contributed by atoms with Crippen LogP contribution in [0.3, 0.4) is 0 Å². The third-order valence-corrected chi connectivity index (χ3v) is 3.12. The summed E-state index contributed by atoms with van der Waals surface area (Å²) < 4.78 is 31.3. The number of thioether (sulfide) groups is 1. The van der Waals surface area contributed by atoms with Crippen LogP contribution in [-0.2, 0) is 4.74 Å². The van der Waals surface area contributed by atoms with Gasteiger partial charge in [-0.15, -0.1) is 11.8 Å². The summed E-state index contributed by atoms with van der Waals surface area (Å²) in [5.74, 6) is -0.692. The Balaban J connectivity index is 2.41. The Morgan fingerprint density at radius 3 is 2.71 bits per heavy atom. The van der Waals surface area contributed by atoms with Gasteiger partial charge in [0.2, 0.25) is 0 Å². The Bertz CT molecular complexity index is 358. The van der Waals surface area contributed by atoms with Crippen LogP contribution in [0.2, 0.25) is 0 Å². The molecule has 0 amide bonds. The molecule has 2 nitrogen and oxygen atoms in total. The summed E-state index contributed by atoms with van der Waals surface area (Å²) in [6.07, 6.45) is -0.648. The van der Waals surface area contributed by atoms with Gasteiger partial charge < -0.3 is 9.84 Å². The van der Waals surface area contributed by atoms with Crippen molar-refractivity contribution >= 4 is 11.8 Å². The number of hydrogen-bond acceptors (Lipinski definition) is 3. The maximum atomic E-state index is 13.2. The molecule has 17 heavy (non-hydrogen) atoms. The van der Waals surface area contributed by atoms with Crippen molar-refractivity contribution in [2.24, 2.45) is 0 Å². The summed E-state index contributed by atoms with van der Waals surface area (Å²) in [5.41, 5.74) is 0. The van der Waals surface area contributed by atoms with Crippen molar-refractivity contribution in [3.05, 3.63) is 29.8 Å². The summed E-state index contributed by atoms with van der Waals surface area (Å²) in [5, 5.41) is 9.56. The molecule has 1 rings (SSSR count). The second-order valence-corrected chi connectivity index (χ2v) is 4.98. The van der Waals surface area contributed by atoms with Crippen molar-refractivity contribution in [3.8, 4) is 0 Å². The second-order valence-electron chi connectivity index (χ2n) is 3.92. The molecule has 1 aromatic rings. The van der Waals surface area contributed by atoms with Gasteiger partial charge in [-0.2, -0.15) is 0 Å². The van der Waals surface area contributed by atoms with E-state index in [-0.39, 0.29) is 23.4 Å². The van der Waals surface area contributed by atoms with Crippen LogP contribution in [-0.4, -0.2) is 29.7 Å². The lowest BCUT2D eigenvalue weighted by Gasteiger charge is -2.13. The van der Waals surface area contributed by atoms with Crippen LogP contribution in [0.25, 0.3) is 0 Å². The highest BCUT2D eigenvalue weighted by Crippen LogP contribution is 2.23. The Hall–Kier alpha value is -0.650. The molecule has 0 aliphatic rings. The highest BCUT2D eigenvalue weighted by atomic mass is 32.2. The Morgan fingerprint density at radius 1 is 1.35 bits per heavy atom. The predicted octanol–water partition coefficient (Wildman–Crippen LogP) is 2.84. The molecule has 0 spiro atoms. The third kappa shape index (κ3) is 5.48. The molecule has 0 aromatic heterocycles. The molecule has 1 unspecified atom stereocenters. The highest BCUT2D eigenvalue weighted by molar-refractivity contribution is 7.99. The normalized spacial score (nSPS) is 13.1. The fourth-order valence-electron chi connectivity index (χ4n) is 1.13. The van der Waals surface area contributed by atoms with E-state index in [1.54, 1.807) is 0 Å². The molecule has 0 saturated heterocycles. The van der Waals surface area contributed by atoms with E-state index in [9.17, 15) is 13.9 Å². The minimum Gasteiger partial charge on any atom is -0.390 e. The molecule has 0 bridgehead atoms. The van der Waals surface area contributed by atoms with Crippen molar-refractivity contribution < 1.29 is 18.6 Å². The SMILES string of the molecule is CC(C)OCC(O)CSc1cc(F)ccc1F. The van der Waals surface area contributed by atoms with Crippen LogP contribution >= 0.6 is 11.8 Å². The van der Waals surface area contributed by atoms with Gasteiger partial charge in [0.1, 0.15) is 11.6 Å². The van der Waals surface area contributed by atoms with Crippen molar-refractivity contribution in [2.45, 2.75) is 31.0 Å². The topological polar surface area (TPSA) is 29.5 Å². The number of benzene rings is 1. The van der Waals surface area contributed by atoms with Gasteiger partial charge in [-0.05, 0) is 32.0 Å². The number of hydrogen-bond donors (Lipinski definition) is 1. The maximum absolute atomic E-state index is 13.2. The van der Waals surface area contributed by atoms with E-state index in [1.807, 2.05) is 13.8 Å². The number of halogens is 2. The van der Waals surface area contributed by atoms with E-state index in [0.717, 1.165) is 30.0 Å². The van der Waals surface area contributed by atoms with Gasteiger partial charge in [0.15, 0.2) is 0 Å². The van der Waals surface area contributed by atoms with Crippen LogP contribution in [0.15, 0.2) is 23.1 Å². The quantitative estimate of drug-likeness (QED) is 0.799. The molecular formula is C12H16F2O2S. The molecule has 0 radical (unpaired) electrons. The summed E-state index contributed by atoms with van der Waals surface area (Å²) in [6.45, 7) is 3.93.